The molecule has 1 N–H and O–H groups in total. The summed E-state index contributed by atoms with van der Waals surface area (Å²) in [4.78, 5) is 12.6. The van der Waals surface area contributed by atoms with Crippen LogP contribution in [0.5, 0.6) is 0 Å². The first-order chi connectivity index (χ1) is 10.2. The topological polar surface area (TPSA) is 55.1 Å². The van der Waals surface area contributed by atoms with Crippen molar-refractivity contribution < 1.29 is 9.32 Å². The van der Waals surface area contributed by atoms with Gasteiger partial charge < -0.3 is 9.84 Å². The molecule has 0 unspecified atom stereocenters. The molecule has 4 heteroatoms. The molecule has 0 aliphatic heterocycles. The summed E-state index contributed by atoms with van der Waals surface area (Å²) in [6, 6.07) is 10.2. The van der Waals surface area contributed by atoms with Gasteiger partial charge in [0, 0.05) is 0 Å². The Morgan fingerprint density at radius 1 is 1.38 bits per heavy atom. The van der Waals surface area contributed by atoms with Crippen LogP contribution in [-0.2, 0) is 6.42 Å². The lowest BCUT2D eigenvalue weighted by Gasteiger charge is -2.18. The minimum absolute atomic E-state index is 0.0775. The van der Waals surface area contributed by atoms with E-state index in [1.807, 2.05) is 25.1 Å². The average Bonchev–Trinajstić information content (AvgIpc) is 3.27. The van der Waals surface area contributed by atoms with Crippen molar-refractivity contribution in [3.05, 3.63) is 52.9 Å². The molecule has 0 spiro atoms. The number of hydrogen-bond acceptors (Lipinski definition) is 3. The number of carbonyl (C=O) groups excluding carboxylic acids is 1. The third-order valence-electron chi connectivity index (χ3n) is 4.03. The summed E-state index contributed by atoms with van der Waals surface area (Å²) < 4.78 is 5.16. The fourth-order valence-electron chi connectivity index (χ4n) is 2.73. The van der Waals surface area contributed by atoms with Crippen LogP contribution in [0.2, 0.25) is 0 Å². The predicted molar refractivity (Wildman–Crippen MR) is 80.0 cm³/mol. The van der Waals surface area contributed by atoms with Gasteiger partial charge >= 0.3 is 0 Å². The maximum Gasteiger partial charge on any atom is 0.257 e. The molecular formula is C17H20N2O2. The van der Waals surface area contributed by atoms with E-state index in [0.29, 0.717) is 23.7 Å². The Kier molecular flexibility index (Phi) is 3.78. The van der Waals surface area contributed by atoms with Gasteiger partial charge in [0.25, 0.3) is 5.91 Å². The van der Waals surface area contributed by atoms with Gasteiger partial charge in [-0.05, 0) is 37.7 Å². The lowest BCUT2D eigenvalue weighted by atomic mass is 10.0. The third-order valence-corrected chi connectivity index (χ3v) is 4.03. The predicted octanol–water partition coefficient (Wildman–Crippen LogP) is 3.43. The number of aryl methyl sites for hydroxylation is 2. The quantitative estimate of drug-likeness (QED) is 0.915. The Morgan fingerprint density at radius 2 is 2.10 bits per heavy atom. The summed E-state index contributed by atoms with van der Waals surface area (Å²) in [7, 11) is 0. The molecule has 3 rings (SSSR count). The minimum atomic E-state index is -0.0775. The zero-order valence-corrected chi connectivity index (χ0v) is 12.4. The molecule has 110 valence electrons. The smallest absolute Gasteiger partial charge is 0.257 e. The zero-order valence-electron chi connectivity index (χ0n) is 12.4. The van der Waals surface area contributed by atoms with Crippen LogP contribution in [-0.4, -0.2) is 11.1 Å². The molecule has 1 fully saturated rings. The van der Waals surface area contributed by atoms with E-state index < -0.39 is 0 Å². The molecule has 1 aromatic heterocycles. The van der Waals surface area contributed by atoms with E-state index in [0.717, 1.165) is 5.69 Å². The lowest BCUT2D eigenvalue weighted by Crippen LogP contribution is -2.30. The Hall–Kier alpha value is -2.10. The van der Waals surface area contributed by atoms with Gasteiger partial charge in [-0.1, -0.05) is 42.4 Å². The molecule has 1 aliphatic carbocycles. The number of amides is 1. The molecule has 1 aromatic carbocycles. The van der Waals surface area contributed by atoms with E-state index >= 15 is 0 Å². The first kappa shape index (κ1) is 13.9. The number of rotatable bonds is 5. The van der Waals surface area contributed by atoms with Crippen LogP contribution < -0.4 is 5.32 Å². The van der Waals surface area contributed by atoms with E-state index in [-0.39, 0.29) is 11.9 Å². The molecule has 1 atom stereocenters. The fraction of sp³-hybridized carbons (Fsp3) is 0.412. The molecule has 4 nitrogen and oxygen atoms in total. The lowest BCUT2D eigenvalue weighted by molar-refractivity contribution is 0.0929. The molecule has 1 saturated carbocycles. The number of aromatic nitrogens is 1. The summed E-state index contributed by atoms with van der Waals surface area (Å²) >= 11 is 0. The van der Waals surface area contributed by atoms with Crippen molar-refractivity contribution in [2.75, 3.05) is 0 Å². The van der Waals surface area contributed by atoms with Crippen LogP contribution in [0.1, 0.15) is 53.2 Å². The molecule has 21 heavy (non-hydrogen) atoms. The van der Waals surface area contributed by atoms with Crippen molar-refractivity contribution in [3.8, 4) is 0 Å². The van der Waals surface area contributed by atoms with Crippen molar-refractivity contribution in [2.45, 2.75) is 39.2 Å². The van der Waals surface area contributed by atoms with Crippen molar-refractivity contribution >= 4 is 5.91 Å². The van der Waals surface area contributed by atoms with Crippen LogP contribution in [0.4, 0.5) is 0 Å². The Balaban J connectivity index is 1.83. The SMILES string of the molecule is CCc1noc(C)c1C(=O)N[C@@H](c1ccccc1)C1CC1. The zero-order chi connectivity index (χ0) is 14.8. The average molecular weight is 284 g/mol. The summed E-state index contributed by atoms with van der Waals surface area (Å²) in [5.74, 6) is 1.06. The second kappa shape index (κ2) is 5.72. The van der Waals surface area contributed by atoms with E-state index in [1.165, 1.54) is 18.4 Å². The summed E-state index contributed by atoms with van der Waals surface area (Å²) in [5, 5.41) is 7.13. The largest absolute Gasteiger partial charge is 0.361 e. The first-order valence-electron chi connectivity index (χ1n) is 7.51. The first-order valence-corrected chi connectivity index (χ1v) is 7.51. The maximum absolute atomic E-state index is 12.6. The van der Waals surface area contributed by atoms with Crippen molar-refractivity contribution in [3.63, 3.8) is 0 Å². The second-order valence-corrected chi connectivity index (χ2v) is 5.61. The van der Waals surface area contributed by atoms with Crippen molar-refractivity contribution in [1.82, 2.24) is 10.5 Å². The maximum atomic E-state index is 12.6. The Labute approximate surface area is 124 Å². The number of hydrogen-bond donors (Lipinski definition) is 1. The number of nitrogens with zero attached hydrogens (tertiary/aromatic N) is 1. The molecule has 0 saturated heterocycles. The highest BCUT2D eigenvalue weighted by Crippen LogP contribution is 2.41. The Bertz CT molecular complexity index is 629. The molecule has 0 radical (unpaired) electrons. The van der Waals surface area contributed by atoms with Gasteiger partial charge in [0.05, 0.1) is 11.7 Å². The monoisotopic (exact) mass is 284 g/mol. The molecule has 2 aromatic rings. The molecule has 1 amide bonds. The second-order valence-electron chi connectivity index (χ2n) is 5.61. The fourth-order valence-corrected chi connectivity index (χ4v) is 2.73. The van der Waals surface area contributed by atoms with Gasteiger partial charge in [-0.3, -0.25) is 4.79 Å². The minimum Gasteiger partial charge on any atom is -0.361 e. The Morgan fingerprint density at radius 3 is 2.71 bits per heavy atom. The van der Waals surface area contributed by atoms with E-state index in [2.05, 4.69) is 22.6 Å². The molecule has 1 heterocycles. The highest BCUT2D eigenvalue weighted by molar-refractivity contribution is 5.96. The van der Waals surface area contributed by atoms with Gasteiger partial charge in [0.1, 0.15) is 11.3 Å². The standard InChI is InChI=1S/C17H20N2O2/c1-3-14-15(11(2)21-19-14)17(20)18-16(13-9-10-13)12-7-5-4-6-8-12/h4-8,13,16H,3,9-10H2,1-2H3,(H,18,20)/t16-/m0/s1. The summed E-state index contributed by atoms with van der Waals surface area (Å²) in [5.41, 5.74) is 2.49. The van der Waals surface area contributed by atoms with Crippen molar-refractivity contribution in [1.29, 1.82) is 0 Å². The molecule has 0 bridgehead atoms. The van der Waals surface area contributed by atoms with Gasteiger partial charge in [-0.2, -0.15) is 0 Å². The van der Waals surface area contributed by atoms with Crippen LogP contribution in [0, 0.1) is 12.8 Å². The van der Waals surface area contributed by atoms with E-state index in [1.54, 1.807) is 6.92 Å². The molecular weight excluding hydrogens is 264 g/mol. The van der Waals surface area contributed by atoms with Crippen LogP contribution in [0.25, 0.3) is 0 Å². The normalized spacial score (nSPS) is 15.7. The highest BCUT2D eigenvalue weighted by atomic mass is 16.5. The van der Waals surface area contributed by atoms with Gasteiger partial charge in [-0.15, -0.1) is 0 Å². The van der Waals surface area contributed by atoms with Crippen LogP contribution >= 0.6 is 0 Å². The van der Waals surface area contributed by atoms with Gasteiger partial charge in [0.15, 0.2) is 0 Å². The number of carbonyl (C=O) groups is 1. The van der Waals surface area contributed by atoms with Crippen LogP contribution in [0.15, 0.2) is 34.9 Å². The third kappa shape index (κ3) is 2.84. The van der Waals surface area contributed by atoms with Crippen LogP contribution in [0.3, 0.4) is 0 Å². The van der Waals surface area contributed by atoms with Gasteiger partial charge in [0.2, 0.25) is 0 Å². The van der Waals surface area contributed by atoms with Crippen molar-refractivity contribution in [2.24, 2.45) is 5.92 Å². The number of nitrogens with one attached hydrogen (secondary N) is 1. The summed E-state index contributed by atoms with van der Waals surface area (Å²) in [6.07, 6.45) is 3.03. The molecule has 1 aliphatic rings. The number of benzene rings is 1. The van der Waals surface area contributed by atoms with Gasteiger partial charge in [-0.25, -0.2) is 0 Å². The van der Waals surface area contributed by atoms with E-state index in [4.69, 9.17) is 4.52 Å². The van der Waals surface area contributed by atoms with E-state index in [9.17, 15) is 4.79 Å². The summed E-state index contributed by atoms with van der Waals surface area (Å²) in [6.45, 7) is 3.76. The highest BCUT2D eigenvalue weighted by Gasteiger charge is 2.34.